The zero-order chi connectivity index (χ0) is 27.5. The van der Waals surface area contributed by atoms with Crippen molar-refractivity contribution in [2.45, 2.75) is 65.6 Å². The molecule has 1 aliphatic heterocycles. The quantitative estimate of drug-likeness (QED) is 0.366. The molecule has 1 aromatic heterocycles. The molecular formula is C27H34N4O6. The van der Waals surface area contributed by atoms with Crippen molar-refractivity contribution in [2.24, 2.45) is 17.8 Å². The van der Waals surface area contributed by atoms with Crippen LogP contribution in [0.2, 0.25) is 0 Å². The summed E-state index contributed by atoms with van der Waals surface area (Å²) in [6.07, 6.45) is 0.671. The monoisotopic (exact) mass is 510 g/mol. The average molecular weight is 511 g/mol. The van der Waals surface area contributed by atoms with E-state index in [1.165, 1.54) is 6.92 Å². The highest BCUT2D eigenvalue weighted by molar-refractivity contribution is 6.16. The lowest BCUT2D eigenvalue weighted by Crippen LogP contribution is -2.49. The molecule has 4 atom stereocenters. The van der Waals surface area contributed by atoms with E-state index in [9.17, 15) is 24.0 Å². The molecule has 1 aliphatic rings. The molecule has 0 aliphatic carbocycles. The number of carbonyl (C=O) groups excluding carboxylic acids is 5. The third-order valence-corrected chi connectivity index (χ3v) is 6.13. The number of rotatable bonds is 8. The van der Waals surface area contributed by atoms with E-state index in [-0.39, 0.29) is 12.3 Å². The summed E-state index contributed by atoms with van der Waals surface area (Å²) >= 11 is 0. The van der Waals surface area contributed by atoms with Crippen molar-refractivity contribution in [2.75, 3.05) is 0 Å². The van der Waals surface area contributed by atoms with Crippen LogP contribution in [0.15, 0.2) is 36.5 Å². The molecule has 2 heterocycles. The zero-order valence-corrected chi connectivity index (χ0v) is 22.0. The number of carbonyl (C=O) groups is 5. The normalized spacial score (nSPS) is 19.3. The van der Waals surface area contributed by atoms with Crippen LogP contribution < -0.4 is 16.0 Å². The predicted octanol–water partition coefficient (Wildman–Crippen LogP) is 2.81. The van der Waals surface area contributed by atoms with Gasteiger partial charge in [-0.1, -0.05) is 39.0 Å². The molecular weight excluding hydrogens is 476 g/mol. The molecule has 0 bridgehead atoms. The van der Waals surface area contributed by atoms with Crippen molar-refractivity contribution in [1.29, 1.82) is 0 Å². The van der Waals surface area contributed by atoms with Crippen LogP contribution in [0.25, 0.3) is 10.9 Å². The summed E-state index contributed by atoms with van der Waals surface area (Å²) in [5, 5.41) is 8.46. The number of ether oxygens (including phenoxy) is 1. The molecule has 10 heteroatoms. The second-order valence-corrected chi connectivity index (χ2v) is 10.7. The van der Waals surface area contributed by atoms with Gasteiger partial charge in [0, 0.05) is 11.6 Å². The molecule has 2 aromatic rings. The topological polar surface area (TPSA) is 144 Å². The van der Waals surface area contributed by atoms with E-state index in [1.54, 1.807) is 40.8 Å². The van der Waals surface area contributed by atoms with Gasteiger partial charge in [-0.2, -0.15) is 0 Å². The molecule has 1 unspecified atom stereocenters. The maximum Gasteiger partial charge on any atom is 0.408 e. The summed E-state index contributed by atoms with van der Waals surface area (Å²) in [6.45, 7) is 10.2. The van der Waals surface area contributed by atoms with E-state index < -0.39 is 59.1 Å². The summed E-state index contributed by atoms with van der Waals surface area (Å²) in [6, 6.07) is 7.49. The second kappa shape index (κ2) is 11.1. The Balaban J connectivity index is 1.83. The van der Waals surface area contributed by atoms with Crippen LogP contribution in [0, 0.1) is 17.8 Å². The SMILES string of the molecule is CC(C)[C@H](NC(=O)CC(NC(=O)OC(C)(C)C)c1cnc2ccccc2c1)C(=O)[C@@H]1C(=O)NC(=O)[C@H]1C. The average Bonchev–Trinajstić information content (AvgIpc) is 3.05. The van der Waals surface area contributed by atoms with Gasteiger partial charge in [0.15, 0.2) is 5.78 Å². The van der Waals surface area contributed by atoms with Gasteiger partial charge in [0.05, 0.1) is 29.9 Å². The van der Waals surface area contributed by atoms with E-state index in [4.69, 9.17) is 4.74 Å². The van der Waals surface area contributed by atoms with Crippen molar-refractivity contribution in [3.05, 3.63) is 42.1 Å². The van der Waals surface area contributed by atoms with Crippen LogP contribution in [0.5, 0.6) is 0 Å². The number of para-hydroxylation sites is 1. The molecule has 0 radical (unpaired) electrons. The minimum absolute atomic E-state index is 0.207. The van der Waals surface area contributed by atoms with Crippen LogP contribution >= 0.6 is 0 Å². The maximum atomic E-state index is 13.2. The number of nitrogens with one attached hydrogen (secondary N) is 3. The molecule has 0 spiro atoms. The number of alkyl carbamates (subject to hydrolysis) is 1. The summed E-state index contributed by atoms with van der Waals surface area (Å²) < 4.78 is 5.38. The first-order valence-electron chi connectivity index (χ1n) is 12.3. The minimum Gasteiger partial charge on any atom is -0.444 e. The van der Waals surface area contributed by atoms with Gasteiger partial charge in [-0.3, -0.25) is 29.5 Å². The molecule has 198 valence electrons. The third kappa shape index (κ3) is 6.90. The van der Waals surface area contributed by atoms with E-state index in [2.05, 4.69) is 20.9 Å². The number of fused-ring (bicyclic) bond motifs is 1. The molecule has 1 fully saturated rings. The Kier molecular flexibility index (Phi) is 8.30. The standard InChI is InChI=1S/C27H34N4O6/c1-14(2)22(23(33)21-15(3)24(34)31-25(21)35)30-20(32)12-19(29-26(36)37-27(4,5)6)17-11-16-9-7-8-10-18(16)28-13-17/h7-11,13-15,19,21-22H,12H2,1-6H3,(H,29,36)(H,30,32)(H,31,34,35)/t15-,19?,21+,22-/m0/s1. The fourth-order valence-corrected chi connectivity index (χ4v) is 4.23. The van der Waals surface area contributed by atoms with Crippen molar-refractivity contribution in [3.8, 4) is 0 Å². The van der Waals surface area contributed by atoms with Gasteiger partial charge in [0.2, 0.25) is 17.7 Å². The Bertz CT molecular complexity index is 1220. The first-order chi connectivity index (χ1) is 17.3. The number of ketones is 1. The lowest BCUT2D eigenvalue weighted by Gasteiger charge is -2.26. The van der Waals surface area contributed by atoms with Crippen molar-refractivity contribution < 1.29 is 28.7 Å². The molecule has 1 aromatic carbocycles. The fourth-order valence-electron chi connectivity index (χ4n) is 4.23. The van der Waals surface area contributed by atoms with Gasteiger partial charge in [-0.15, -0.1) is 0 Å². The number of hydrogen-bond donors (Lipinski definition) is 3. The lowest BCUT2D eigenvalue weighted by molar-refractivity contribution is -0.137. The number of imide groups is 1. The largest absolute Gasteiger partial charge is 0.444 e. The van der Waals surface area contributed by atoms with Crippen LogP contribution in [0.4, 0.5) is 4.79 Å². The van der Waals surface area contributed by atoms with Crippen LogP contribution in [0.3, 0.4) is 0 Å². The fraction of sp³-hybridized carbons (Fsp3) is 0.481. The minimum atomic E-state index is -1.17. The molecule has 1 saturated heterocycles. The van der Waals surface area contributed by atoms with Crippen molar-refractivity contribution in [3.63, 3.8) is 0 Å². The highest BCUT2D eigenvalue weighted by Crippen LogP contribution is 2.25. The maximum absolute atomic E-state index is 13.2. The second-order valence-electron chi connectivity index (χ2n) is 10.7. The van der Waals surface area contributed by atoms with E-state index in [0.717, 1.165) is 10.9 Å². The Morgan fingerprint density at radius 3 is 2.35 bits per heavy atom. The molecule has 4 amide bonds. The number of nitrogens with zero attached hydrogens (tertiary/aromatic N) is 1. The Morgan fingerprint density at radius 2 is 1.76 bits per heavy atom. The lowest BCUT2D eigenvalue weighted by atomic mass is 9.85. The Hall–Kier alpha value is -3.82. The first-order valence-corrected chi connectivity index (χ1v) is 12.3. The smallest absolute Gasteiger partial charge is 0.408 e. The van der Waals surface area contributed by atoms with Gasteiger partial charge in [0.25, 0.3) is 0 Å². The zero-order valence-electron chi connectivity index (χ0n) is 22.0. The van der Waals surface area contributed by atoms with Crippen molar-refractivity contribution >= 4 is 40.5 Å². The number of amides is 4. The third-order valence-electron chi connectivity index (χ3n) is 6.13. The molecule has 0 saturated carbocycles. The van der Waals surface area contributed by atoms with Gasteiger partial charge in [-0.05, 0) is 44.4 Å². The number of benzene rings is 1. The van der Waals surface area contributed by atoms with Gasteiger partial charge in [-0.25, -0.2) is 4.79 Å². The van der Waals surface area contributed by atoms with E-state index >= 15 is 0 Å². The highest BCUT2D eigenvalue weighted by atomic mass is 16.6. The first kappa shape index (κ1) is 27.8. The molecule has 37 heavy (non-hydrogen) atoms. The van der Waals surface area contributed by atoms with Gasteiger partial charge in [0.1, 0.15) is 11.5 Å². The van der Waals surface area contributed by atoms with Crippen LogP contribution in [0.1, 0.15) is 59.6 Å². The Labute approximate surface area is 215 Å². The van der Waals surface area contributed by atoms with Crippen molar-refractivity contribution in [1.82, 2.24) is 20.9 Å². The molecule has 10 nitrogen and oxygen atoms in total. The number of hydrogen-bond acceptors (Lipinski definition) is 7. The predicted molar refractivity (Wildman–Crippen MR) is 136 cm³/mol. The summed E-state index contributed by atoms with van der Waals surface area (Å²) in [4.78, 5) is 67.5. The number of Topliss-reactive ketones (excluding diaryl/α,β-unsaturated/α-hetero) is 1. The van der Waals surface area contributed by atoms with E-state index in [1.807, 2.05) is 30.3 Å². The van der Waals surface area contributed by atoms with Crippen LogP contribution in [-0.4, -0.2) is 46.2 Å². The summed E-state index contributed by atoms with van der Waals surface area (Å²) in [5.74, 6) is -4.53. The number of pyridine rings is 1. The molecule has 3 rings (SSSR count). The van der Waals surface area contributed by atoms with Gasteiger partial charge < -0.3 is 15.4 Å². The summed E-state index contributed by atoms with van der Waals surface area (Å²) in [7, 11) is 0. The highest BCUT2D eigenvalue weighted by Gasteiger charge is 2.46. The van der Waals surface area contributed by atoms with E-state index in [0.29, 0.717) is 5.56 Å². The Morgan fingerprint density at radius 1 is 1.08 bits per heavy atom. The molecule has 3 N–H and O–H groups in total. The summed E-state index contributed by atoms with van der Waals surface area (Å²) in [5.41, 5.74) is 0.598. The van der Waals surface area contributed by atoms with Gasteiger partial charge >= 0.3 is 6.09 Å². The van der Waals surface area contributed by atoms with Crippen LogP contribution in [-0.2, 0) is 23.9 Å². The number of aromatic nitrogens is 1.